The smallest absolute Gasteiger partial charge is 0.245 e. The molecule has 8 nitrogen and oxygen atoms in total. The maximum atomic E-state index is 14.9. The summed E-state index contributed by atoms with van der Waals surface area (Å²) in [4.78, 5) is 51.7. The number of carbonyl (C=O) groups is 3. The van der Waals surface area contributed by atoms with Gasteiger partial charge in [-0.25, -0.2) is 0 Å². The van der Waals surface area contributed by atoms with Crippen molar-refractivity contribution in [2.24, 2.45) is 16.7 Å². The van der Waals surface area contributed by atoms with Gasteiger partial charge in [0.1, 0.15) is 6.04 Å². The number of hydrogen-bond acceptors (Lipinski definition) is 5. The minimum Gasteiger partial charge on any atom is -0.378 e. The largest absolute Gasteiger partial charge is 0.378 e. The van der Waals surface area contributed by atoms with E-state index < -0.39 is 11.5 Å². The van der Waals surface area contributed by atoms with E-state index in [-0.39, 0.29) is 52.6 Å². The van der Waals surface area contributed by atoms with E-state index in [1.807, 2.05) is 54.8 Å². The Morgan fingerprint density at radius 3 is 2.04 bits per heavy atom. The summed E-state index contributed by atoms with van der Waals surface area (Å²) in [5.74, 6) is -0.195. The van der Waals surface area contributed by atoms with Crippen LogP contribution in [0.5, 0.6) is 0 Å². The van der Waals surface area contributed by atoms with E-state index in [9.17, 15) is 14.4 Å². The highest BCUT2D eigenvalue weighted by atomic mass is 35.5. The van der Waals surface area contributed by atoms with Gasteiger partial charge in [0, 0.05) is 60.7 Å². The number of amides is 3. The van der Waals surface area contributed by atoms with Crippen LogP contribution < -0.4 is 0 Å². The fourth-order valence-corrected chi connectivity index (χ4v) is 8.16. The zero-order chi connectivity index (χ0) is 33.6. The summed E-state index contributed by atoms with van der Waals surface area (Å²) in [5, 5.41) is 0.672. The fraction of sp³-hybridized carbons (Fsp3) is 0.757. The third kappa shape index (κ3) is 7.60. The lowest BCUT2D eigenvalue weighted by atomic mass is 9.74. The van der Waals surface area contributed by atoms with E-state index in [4.69, 9.17) is 16.3 Å². The van der Waals surface area contributed by atoms with Gasteiger partial charge in [0.15, 0.2) is 0 Å². The number of carbonyl (C=O) groups excluding carboxylic acids is 3. The van der Waals surface area contributed by atoms with E-state index in [1.165, 1.54) is 0 Å². The first-order valence-corrected chi connectivity index (χ1v) is 17.8. The molecule has 1 saturated carbocycles. The van der Waals surface area contributed by atoms with E-state index in [2.05, 4.69) is 44.4 Å². The Morgan fingerprint density at radius 2 is 1.48 bits per heavy atom. The molecule has 3 aliphatic heterocycles. The van der Waals surface area contributed by atoms with Crippen LogP contribution in [0.2, 0.25) is 5.02 Å². The Bertz CT molecular complexity index is 1250. The molecule has 4 atom stereocenters. The predicted molar refractivity (Wildman–Crippen MR) is 183 cm³/mol. The maximum absolute atomic E-state index is 14.9. The van der Waals surface area contributed by atoms with Crippen LogP contribution in [0.15, 0.2) is 24.3 Å². The molecular weight excluding hydrogens is 600 g/mol. The first-order valence-electron chi connectivity index (χ1n) is 17.5. The van der Waals surface area contributed by atoms with Crippen LogP contribution in [0.4, 0.5) is 0 Å². The molecule has 5 rings (SSSR count). The third-order valence-electron chi connectivity index (χ3n) is 11.0. The lowest BCUT2D eigenvalue weighted by molar-refractivity contribution is -0.148. The van der Waals surface area contributed by atoms with Gasteiger partial charge in [0.25, 0.3) is 0 Å². The number of benzene rings is 1. The van der Waals surface area contributed by atoms with Gasteiger partial charge in [-0.3, -0.25) is 19.3 Å². The molecule has 0 unspecified atom stereocenters. The molecule has 0 N–H and O–H groups in total. The number of halogens is 1. The fourth-order valence-electron chi connectivity index (χ4n) is 8.03. The minimum absolute atomic E-state index is 0.0131. The highest BCUT2D eigenvalue weighted by Crippen LogP contribution is 2.42. The van der Waals surface area contributed by atoms with Gasteiger partial charge in [-0.2, -0.15) is 0 Å². The summed E-state index contributed by atoms with van der Waals surface area (Å²) in [6, 6.07) is 7.19. The first-order chi connectivity index (χ1) is 21.5. The molecule has 9 heteroatoms. The second kappa shape index (κ2) is 13.4. The summed E-state index contributed by atoms with van der Waals surface area (Å²) in [6.45, 7) is 21.0. The van der Waals surface area contributed by atoms with Crippen LogP contribution in [-0.2, 0) is 19.1 Å². The Labute approximate surface area is 282 Å². The molecule has 1 aromatic rings. The quantitative estimate of drug-likeness (QED) is 0.399. The third-order valence-corrected chi connectivity index (χ3v) is 11.3. The minimum atomic E-state index is -0.597. The number of nitrogens with zero attached hydrogens (tertiary/aromatic N) is 4. The normalized spacial score (nSPS) is 28.0. The van der Waals surface area contributed by atoms with Gasteiger partial charge in [0.2, 0.25) is 17.7 Å². The lowest BCUT2D eigenvalue weighted by Gasteiger charge is -2.45. The van der Waals surface area contributed by atoms with Gasteiger partial charge in [0.05, 0.1) is 25.2 Å². The summed E-state index contributed by atoms with van der Waals surface area (Å²) >= 11 is 6.26. The van der Waals surface area contributed by atoms with Crippen molar-refractivity contribution in [3.05, 3.63) is 34.9 Å². The molecular formula is C37H57ClN4O4. The highest BCUT2D eigenvalue weighted by molar-refractivity contribution is 6.30. The van der Waals surface area contributed by atoms with Crippen molar-refractivity contribution in [1.82, 2.24) is 19.6 Å². The second-order valence-corrected chi connectivity index (χ2v) is 17.5. The second-order valence-electron chi connectivity index (χ2n) is 17.0. The molecule has 3 saturated heterocycles. The molecule has 46 heavy (non-hydrogen) atoms. The van der Waals surface area contributed by atoms with Crippen molar-refractivity contribution >= 4 is 29.3 Å². The van der Waals surface area contributed by atoms with E-state index in [0.29, 0.717) is 50.8 Å². The molecule has 256 valence electrons. The number of rotatable bonds is 5. The van der Waals surface area contributed by atoms with Crippen molar-refractivity contribution in [2.75, 3.05) is 45.9 Å². The number of ether oxygens (including phenoxy) is 1. The summed E-state index contributed by atoms with van der Waals surface area (Å²) < 4.78 is 5.57. The van der Waals surface area contributed by atoms with Crippen molar-refractivity contribution in [1.29, 1.82) is 0 Å². The molecule has 3 heterocycles. The average Bonchev–Trinajstić information content (AvgIpc) is 3.64. The lowest BCUT2D eigenvalue weighted by Crippen LogP contribution is -2.54. The van der Waals surface area contributed by atoms with Gasteiger partial charge in [-0.1, -0.05) is 58.4 Å². The molecule has 0 spiro atoms. The Morgan fingerprint density at radius 1 is 0.870 bits per heavy atom. The van der Waals surface area contributed by atoms with Crippen LogP contribution in [0.25, 0.3) is 0 Å². The zero-order valence-corrected chi connectivity index (χ0v) is 30.2. The Balaban J connectivity index is 1.49. The summed E-state index contributed by atoms with van der Waals surface area (Å²) in [6.07, 6.45) is 4.49. The number of hydrogen-bond donors (Lipinski definition) is 0. The highest BCUT2D eigenvalue weighted by Gasteiger charge is 2.51. The Kier molecular flexibility index (Phi) is 10.2. The van der Waals surface area contributed by atoms with E-state index in [1.54, 1.807) is 0 Å². The molecule has 0 radical (unpaired) electrons. The molecule has 1 aliphatic carbocycles. The molecule has 1 aromatic carbocycles. The van der Waals surface area contributed by atoms with Gasteiger partial charge in [-0.05, 0) is 76.0 Å². The average molecular weight is 657 g/mol. The van der Waals surface area contributed by atoms with Crippen molar-refractivity contribution in [3.63, 3.8) is 0 Å². The van der Waals surface area contributed by atoms with Gasteiger partial charge >= 0.3 is 0 Å². The van der Waals surface area contributed by atoms with Crippen molar-refractivity contribution in [2.45, 2.75) is 117 Å². The van der Waals surface area contributed by atoms with E-state index >= 15 is 0 Å². The van der Waals surface area contributed by atoms with E-state index in [0.717, 1.165) is 37.8 Å². The maximum Gasteiger partial charge on any atom is 0.245 e. The Hall–Kier alpha value is -2.16. The van der Waals surface area contributed by atoms with Gasteiger partial charge in [-0.15, -0.1) is 0 Å². The molecule has 3 amide bonds. The van der Waals surface area contributed by atoms with Crippen LogP contribution in [0.3, 0.4) is 0 Å². The van der Waals surface area contributed by atoms with Gasteiger partial charge < -0.3 is 19.4 Å². The SMILES string of the molecule is CC1(C)CCC(N(C(=O)C(C)(C)C)[C@H]2C[C@@H](C(=O)N3CCOCC3)N(C(=O)[C@@H]3CN(C(C)(C)C)C[C@H]3c3ccc(Cl)cc3)C2)CC1. The van der Waals surface area contributed by atoms with Crippen LogP contribution in [0, 0.1) is 16.7 Å². The molecule has 0 bridgehead atoms. The monoisotopic (exact) mass is 656 g/mol. The topological polar surface area (TPSA) is 73.4 Å². The number of likely N-dealkylation sites (tertiary alicyclic amines) is 2. The molecule has 4 aliphatic rings. The molecule has 0 aromatic heterocycles. The standard InChI is InChI=1S/C37H57ClN4O4/c1-35(2,3)34(45)42(27-13-15-37(7,8)16-14-27)28-21-31(33(44)39-17-19-46-20-18-39)41(22-28)32(43)30-24-40(36(4,5)6)23-29(30)25-9-11-26(38)12-10-25/h9-12,27-31H,13-24H2,1-8H3/t28-,29-,30+,31-/m0/s1. The first kappa shape index (κ1) is 35.2. The van der Waals surface area contributed by atoms with Crippen LogP contribution in [0.1, 0.15) is 99.0 Å². The summed E-state index contributed by atoms with van der Waals surface area (Å²) in [7, 11) is 0. The van der Waals surface area contributed by atoms with Crippen LogP contribution >= 0.6 is 11.6 Å². The zero-order valence-electron chi connectivity index (χ0n) is 29.5. The predicted octanol–water partition coefficient (Wildman–Crippen LogP) is 5.83. The van der Waals surface area contributed by atoms with Crippen LogP contribution in [-0.4, -0.2) is 107 Å². The van der Waals surface area contributed by atoms with Crippen molar-refractivity contribution < 1.29 is 19.1 Å². The molecule has 4 fully saturated rings. The number of morpholine rings is 1. The van der Waals surface area contributed by atoms with Crippen molar-refractivity contribution in [3.8, 4) is 0 Å². The summed E-state index contributed by atoms with van der Waals surface area (Å²) in [5.41, 5.74) is 0.681.